The van der Waals surface area contributed by atoms with Crippen molar-refractivity contribution in [2.45, 2.75) is 38.8 Å². The van der Waals surface area contributed by atoms with Crippen LogP contribution in [-0.2, 0) is 16.9 Å². The number of hydrogen-bond donors (Lipinski definition) is 1. The summed E-state index contributed by atoms with van der Waals surface area (Å²) in [4.78, 5) is 49.9. The Balaban J connectivity index is 2.02. The van der Waals surface area contributed by atoms with Gasteiger partial charge in [-0.2, -0.15) is 0 Å². The van der Waals surface area contributed by atoms with E-state index in [0.717, 1.165) is 11.1 Å². The Hall–Kier alpha value is -4.01. The zero-order valence-corrected chi connectivity index (χ0v) is 24.6. The van der Waals surface area contributed by atoms with E-state index in [0.29, 0.717) is 28.9 Å². The average Bonchev–Trinajstić information content (AvgIpc) is 2.94. The highest BCUT2D eigenvalue weighted by atomic mass is 35.5. The molecule has 0 spiro atoms. The third kappa shape index (κ3) is 6.19. The Morgan fingerprint density at radius 1 is 1.00 bits per heavy atom. The zero-order chi connectivity index (χ0) is 29.7. The fourth-order valence-corrected chi connectivity index (χ4v) is 5.28. The molecule has 214 valence electrons. The molecule has 4 rings (SSSR count). The predicted octanol–water partition coefficient (Wildman–Crippen LogP) is 5.19. The molecule has 1 amide bonds. The molecule has 0 aliphatic heterocycles. The Morgan fingerprint density at radius 2 is 1.68 bits per heavy atom. The van der Waals surface area contributed by atoms with E-state index < -0.39 is 23.0 Å². The van der Waals surface area contributed by atoms with Crippen LogP contribution in [0, 0.1) is 6.92 Å². The van der Waals surface area contributed by atoms with Crippen LogP contribution in [0.25, 0.3) is 10.9 Å². The van der Waals surface area contributed by atoms with Gasteiger partial charge in [0.05, 0.1) is 17.4 Å². The highest BCUT2D eigenvalue weighted by Gasteiger charge is 2.50. The van der Waals surface area contributed by atoms with Gasteiger partial charge in [-0.05, 0) is 76.3 Å². The molecule has 1 heterocycles. The second-order valence-electron chi connectivity index (χ2n) is 10.5. The van der Waals surface area contributed by atoms with Crippen molar-refractivity contribution in [2.24, 2.45) is 0 Å². The van der Waals surface area contributed by atoms with Gasteiger partial charge in [-0.1, -0.05) is 66.6 Å². The van der Waals surface area contributed by atoms with Crippen molar-refractivity contribution in [3.8, 4) is 0 Å². The number of hydrogen-bond acceptors (Lipinski definition) is 5. The molecule has 0 fully saturated rings. The molecule has 1 atom stereocenters. The molecule has 4 aromatic rings. The first kappa shape index (κ1) is 30.0. The van der Waals surface area contributed by atoms with Gasteiger partial charge < -0.3 is 14.9 Å². The maximum Gasteiger partial charge on any atom is 0.337 e. The number of carboxylic acid groups (broad SMARTS) is 1. The third-order valence-corrected chi connectivity index (χ3v) is 7.56. The van der Waals surface area contributed by atoms with Gasteiger partial charge in [-0.3, -0.25) is 14.2 Å². The molecule has 1 N–H and O–H groups in total. The second-order valence-corrected chi connectivity index (χ2v) is 10.9. The Bertz CT molecular complexity index is 1600. The number of nitrogens with zero attached hydrogens (tertiary/aromatic N) is 4. The summed E-state index contributed by atoms with van der Waals surface area (Å²) < 4.78 is 1.39. The minimum Gasteiger partial charge on any atom is -0.479 e. The maximum atomic E-state index is 14.2. The normalized spacial score (nSPS) is 12.8. The van der Waals surface area contributed by atoms with Gasteiger partial charge in [0.25, 0.3) is 11.5 Å². The molecule has 8 nitrogen and oxygen atoms in total. The number of aliphatic carboxylic acids is 1. The fourth-order valence-electron chi connectivity index (χ4n) is 5.12. The van der Waals surface area contributed by atoms with Gasteiger partial charge in [0.15, 0.2) is 5.54 Å². The SMILES string of the molecule is CCC(C(=O)O)(c1nc2cc(Cl)ccc2c(=O)n1Cc1ccccc1)N(CCCN(C)C)C(=O)c1ccc(C)cc1. The first-order chi connectivity index (χ1) is 19.6. The fraction of sp³-hybridized carbons (Fsp3) is 0.312. The highest BCUT2D eigenvalue weighted by Crippen LogP contribution is 2.34. The molecule has 0 aliphatic rings. The van der Waals surface area contributed by atoms with Crippen LogP contribution in [-0.4, -0.2) is 63.5 Å². The molecule has 0 saturated heterocycles. The number of carbonyl (C=O) groups excluding carboxylic acids is 1. The quantitative estimate of drug-likeness (QED) is 0.265. The number of rotatable bonds is 11. The van der Waals surface area contributed by atoms with Gasteiger partial charge in [-0.25, -0.2) is 9.78 Å². The maximum absolute atomic E-state index is 14.2. The molecule has 1 aromatic heterocycles. The second kappa shape index (κ2) is 12.7. The lowest BCUT2D eigenvalue weighted by atomic mass is 9.90. The minimum atomic E-state index is -1.95. The molecule has 9 heteroatoms. The predicted molar refractivity (Wildman–Crippen MR) is 162 cm³/mol. The zero-order valence-electron chi connectivity index (χ0n) is 23.8. The van der Waals surface area contributed by atoms with Crippen LogP contribution in [0.4, 0.5) is 0 Å². The average molecular weight is 575 g/mol. The van der Waals surface area contributed by atoms with Crippen LogP contribution in [0.3, 0.4) is 0 Å². The lowest BCUT2D eigenvalue weighted by molar-refractivity contribution is -0.152. The van der Waals surface area contributed by atoms with E-state index in [1.165, 1.54) is 9.47 Å². The summed E-state index contributed by atoms with van der Waals surface area (Å²) >= 11 is 6.27. The summed E-state index contributed by atoms with van der Waals surface area (Å²) in [6, 6.07) is 21.1. The van der Waals surface area contributed by atoms with Crippen molar-refractivity contribution < 1.29 is 14.7 Å². The van der Waals surface area contributed by atoms with Gasteiger partial charge in [0.1, 0.15) is 5.82 Å². The van der Waals surface area contributed by atoms with E-state index in [2.05, 4.69) is 0 Å². The topological polar surface area (TPSA) is 95.7 Å². The molecule has 1 unspecified atom stereocenters. The number of carboxylic acids is 1. The van der Waals surface area contributed by atoms with Gasteiger partial charge in [0, 0.05) is 17.1 Å². The van der Waals surface area contributed by atoms with Crippen molar-refractivity contribution in [1.29, 1.82) is 0 Å². The Morgan fingerprint density at radius 3 is 2.29 bits per heavy atom. The van der Waals surface area contributed by atoms with Crippen LogP contribution in [0.15, 0.2) is 77.6 Å². The summed E-state index contributed by atoms with van der Waals surface area (Å²) in [5.41, 5.74) is 0.0623. The van der Waals surface area contributed by atoms with Gasteiger partial charge in [0.2, 0.25) is 0 Å². The minimum absolute atomic E-state index is 0.0126. The largest absolute Gasteiger partial charge is 0.479 e. The monoisotopic (exact) mass is 574 g/mol. The summed E-state index contributed by atoms with van der Waals surface area (Å²) in [5, 5.41) is 11.7. The smallest absolute Gasteiger partial charge is 0.337 e. The number of aromatic nitrogens is 2. The van der Waals surface area contributed by atoms with E-state index in [-0.39, 0.29) is 30.9 Å². The number of amides is 1. The molecule has 41 heavy (non-hydrogen) atoms. The van der Waals surface area contributed by atoms with E-state index in [4.69, 9.17) is 16.6 Å². The summed E-state index contributed by atoms with van der Waals surface area (Å²) in [7, 11) is 3.84. The van der Waals surface area contributed by atoms with E-state index in [9.17, 15) is 19.5 Å². The van der Waals surface area contributed by atoms with Crippen molar-refractivity contribution in [3.63, 3.8) is 0 Å². The van der Waals surface area contributed by atoms with Crippen LogP contribution in [0.5, 0.6) is 0 Å². The van der Waals surface area contributed by atoms with Crippen LogP contribution in [0.2, 0.25) is 5.02 Å². The molecule has 0 saturated carbocycles. The molecular weight excluding hydrogens is 540 g/mol. The van der Waals surface area contributed by atoms with Crippen LogP contribution >= 0.6 is 11.6 Å². The number of benzene rings is 3. The van der Waals surface area contributed by atoms with E-state index in [1.807, 2.05) is 68.4 Å². The van der Waals surface area contributed by atoms with Crippen LogP contribution < -0.4 is 5.56 Å². The van der Waals surface area contributed by atoms with Crippen molar-refractivity contribution in [2.75, 3.05) is 27.2 Å². The van der Waals surface area contributed by atoms with Crippen molar-refractivity contribution in [1.82, 2.24) is 19.4 Å². The first-order valence-corrected chi connectivity index (χ1v) is 14.0. The summed E-state index contributed by atoms with van der Waals surface area (Å²) in [6.45, 7) is 4.48. The van der Waals surface area contributed by atoms with Gasteiger partial charge in [-0.15, -0.1) is 0 Å². The number of aryl methyl sites for hydroxylation is 1. The number of fused-ring (bicyclic) bond motifs is 1. The van der Waals surface area contributed by atoms with E-state index in [1.54, 1.807) is 37.3 Å². The first-order valence-electron chi connectivity index (χ1n) is 13.6. The highest BCUT2D eigenvalue weighted by molar-refractivity contribution is 6.31. The Labute approximate surface area is 244 Å². The van der Waals surface area contributed by atoms with Crippen molar-refractivity contribution >= 4 is 34.4 Å². The summed E-state index contributed by atoms with van der Waals surface area (Å²) in [5.74, 6) is -1.72. The molecular formula is C32H35ClN4O4. The lowest BCUT2D eigenvalue weighted by Crippen LogP contribution is -2.57. The molecule has 0 radical (unpaired) electrons. The van der Waals surface area contributed by atoms with Gasteiger partial charge >= 0.3 is 5.97 Å². The summed E-state index contributed by atoms with van der Waals surface area (Å²) in [6.07, 6.45) is 0.497. The van der Waals surface area contributed by atoms with E-state index >= 15 is 0 Å². The molecule has 0 bridgehead atoms. The third-order valence-electron chi connectivity index (χ3n) is 7.33. The number of carbonyl (C=O) groups is 2. The lowest BCUT2D eigenvalue weighted by Gasteiger charge is -2.41. The Kier molecular flexibility index (Phi) is 9.25. The number of halogens is 1. The van der Waals surface area contributed by atoms with Crippen molar-refractivity contribution in [3.05, 3.63) is 111 Å². The van der Waals surface area contributed by atoms with Crippen LogP contribution in [0.1, 0.15) is 47.1 Å². The molecule has 0 aliphatic carbocycles. The standard InChI is InChI=1S/C32H35ClN4O4/c1-5-32(31(40)41,37(19-9-18-35(3)4)28(38)24-14-12-22(2)13-15-24)30-34-27-20-25(33)16-17-26(27)29(39)36(30)21-23-10-7-6-8-11-23/h6-8,10-17,20H,5,9,18-19,21H2,1-4H3,(H,40,41). The molecule has 3 aromatic carbocycles.